The Morgan fingerprint density at radius 3 is 3.00 bits per heavy atom. The zero-order valence-electron chi connectivity index (χ0n) is 9.44. The van der Waals surface area contributed by atoms with Gasteiger partial charge in [-0.3, -0.25) is 9.78 Å². The van der Waals surface area contributed by atoms with Crippen LogP contribution < -0.4 is 0 Å². The molecule has 0 bridgehead atoms. The van der Waals surface area contributed by atoms with E-state index in [9.17, 15) is 4.79 Å². The van der Waals surface area contributed by atoms with Crippen molar-refractivity contribution in [1.29, 1.82) is 0 Å². The van der Waals surface area contributed by atoms with Gasteiger partial charge >= 0.3 is 0 Å². The van der Waals surface area contributed by atoms with E-state index in [1.807, 2.05) is 6.92 Å². The number of pyridine rings is 1. The molecule has 1 heterocycles. The van der Waals surface area contributed by atoms with E-state index in [1.54, 1.807) is 24.1 Å². The van der Waals surface area contributed by atoms with Gasteiger partial charge in [-0.2, -0.15) is 0 Å². The van der Waals surface area contributed by atoms with Crippen LogP contribution in [0.5, 0.6) is 0 Å². The second-order valence-electron chi connectivity index (χ2n) is 3.28. The van der Waals surface area contributed by atoms with E-state index in [-0.39, 0.29) is 5.91 Å². The fourth-order valence-electron chi connectivity index (χ4n) is 1.16. The molecule has 5 heteroatoms. The molecule has 1 aromatic heterocycles. The van der Waals surface area contributed by atoms with Crippen LogP contribution in [0.2, 0.25) is 5.02 Å². The van der Waals surface area contributed by atoms with Crippen molar-refractivity contribution in [1.82, 2.24) is 9.88 Å². The first-order chi connectivity index (χ1) is 7.65. The summed E-state index contributed by atoms with van der Waals surface area (Å²) in [5.74, 6) is -0.151. The Balaban J connectivity index is 2.56. The molecule has 0 unspecified atom stereocenters. The van der Waals surface area contributed by atoms with Gasteiger partial charge in [0.1, 0.15) is 5.69 Å². The Morgan fingerprint density at radius 1 is 1.62 bits per heavy atom. The van der Waals surface area contributed by atoms with Gasteiger partial charge in [0.05, 0.1) is 6.61 Å². The van der Waals surface area contributed by atoms with Crippen molar-refractivity contribution in [2.24, 2.45) is 0 Å². The Labute approximate surface area is 100 Å². The number of nitrogens with zero attached hydrogens (tertiary/aromatic N) is 2. The molecule has 0 saturated carbocycles. The summed E-state index contributed by atoms with van der Waals surface area (Å²) in [4.78, 5) is 17.4. The average molecular weight is 243 g/mol. The highest BCUT2D eigenvalue weighted by Gasteiger charge is 2.12. The third-order valence-electron chi connectivity index (χ3n) is 2.06. The second kappa shape index (κ2) is 6.45. The van der Waals surface area contributed by atoms with Crippen LogP contribution in [0, 0.1) is 0 Å². The van der Waals surface area contributed by atoms with Crippen LogP contribution in [0.25, 0.3) is 0 Å². The van der Waals surface area contributed by atoms with Crippen LogP contribution in [0.4, 0.5) is 0 Å². The third kappa shape index (κ3) is 3.79. The number of ether oxygens (including phenoxy) is 1. The molecule has 1 amide bonds. The minimum atomic E-state index is -0.151. The normalized spacial score (nSPS) is 10.2. The average Bonchev–Trinajstić information content (AvgIpc) is 2.28. The smallest absolute Gasteiger partial charge is 0.272 e. The Kier molecular flexibility index (Phi) is 5.22. The first-order valence-corrected chi connectivity index (χ1v) is 5.47. The molecule has 1 aromatic rings. The number of halogens is 1. The predicted octanol–water partition coefficient (Wildman–Crippen LogP) is 1.84. The Morgan fingerprint density at radius 2 is 2.38 bits per heavy atom. The lowest BCUT2D eigenvalue weighted by molar-refractivity contribution is 0.0704. The molecule has 0 fully saturated rings. The fourth-order valence-corrected chi connectivity index (χ4v) is 1.32. The van der Waals surface area contributed by atoms with Crippen molar-refractivity contribution in [2.75, 3.05) is 26.8 Å². The van der Waals surface area contributed by atoms with E-state index in [2.05, 4.69) is 4.98 Å². The van der Waals surface area contributed by atoms with Crippen LogP contribution in [0.1, 0.15) is 17.4 Å². The van der Waals surface area contributed by atoms with Crippen LogP contribution in [-0.4, -0.2) is 42.6 Å². The molecule has 0 spiro atoms. The molecule has 0 aromatic carbocycles. The maximum absolute atomic E-state index is 11.8. The standard InChI is InChI=1S/C11H15ClN2O2/c1-3-16-7-6-14(2)11(15)10-8-9(12)4-5-13-10/h4-5,8H,3,6-7H2,1-2H3. The maximum Gasteiger partial charge on any atom is 0.272 e. The molecular weight excluding hydrogens is 228 g/mol. The first-order valence-electron chi connectivity index (χ1n) is 5.10. The van der Waals surface area contributed by atoms with Gasteiger partial charge in [-0.25, -0.2) is 0 Å². The summed E-state index contributed by atoms with van der Waals surface area (Å²) in [5.41, 5.74) is 0.353. The number of aromatic nitrogens is 1. The number of rotatable bonds is 5. The lowest BCUT2D eigenvalue weighted by atomic mass is 10.3. The number of carbonyl (C=O) groups is 1. The number of hydrogen-bond acceptors (Lipinski definition) is 3. The second-order valence-corrected chi connectivity index (χ2v) is 3.72. The first kappa shape index (κ1) is 12.9. The summed E-state index contributed by atoms with van der Waals surface area (Å²) < 4.78 is 5.17. The van der Waals surface area contributed by atoms with E-state index in [0.717, 1.165) is 0 Å². The van der Waals surface area contributed by atoms with Crippen molar-refractivity contribution >= 4 is 17.5 Å². The van der Waals surface area contributed by atoms with E-state index in [4.69, 9.17) is 16.3 Å². The zero-order chi connectivity index (χ0) is 12.0. The largest absolute Gasteiger partial charge is 0.380 e. The molecular formula is C11H15ClN2O2. The summed E-state index contributed by atoms with van der Waals surface area (Å²) in [5, 5.41) is 0.511. The Bertz CT molecular complexity index is 358. The molecule has 1 rings (SSSR count). The molecule has 0 radical (unpaired) electrons. The maximum atomic E-state index is 11.8. The van der Waals surface area contributed by atoms with Gasteiger partial charge < -0.3 is 9.64 Å². The molecule has 88 valence electrons. The number of amides is 1. The van der Waals surface area contributed by atoms with E-state index in [1.165, 1.54) is 6.20 Å². The van der Waals surface area contributed by atoms with E-state index in [0.29, 0.717) is 30.5 Å². The van der Waals surface area contributed by atoms with Gasteiger partial charge in [-0.1, -0.05) is 11.6 Å². The van der Waals surface area contributed by atoms with Gasteiger partial charge in [0.15, 0.2) is 0 Å². The van der Waals surface area contributed by atoms with Crippen LogP contribution in [-0.2, 0) is 4.74 Å². The SMILES string of the molecule is CCOCCN(C)C(=O)c1cc(Cl)ccn1. The van der Waals surface area contributed by atoms with Crippen molar-refractivity contribution in [2.45, 2.75) is 6.92 Å². The third-order valence-corrected chi connectivity index (χ3v) is 2.30. The summed E-state index contributed by atoms with van der Waals surface area (Å²) >= 11 is 5.78. The lowest BCUT2D eigenvalue weighted by Gasteiger charge is -2.16. The monoisotopic (exact) mass is 242 g/mol. The van der Waals surface area contributed by atoms with Gasteiger partial charge in [-0.15, -0.1) is 0 Å². The highest BCUT2D eigenvalue weighted by molar-refractivity contribution is 6.30. The van der Waals surface area contributed by atoms with Crippen molar-refractivity contribution in [3.8, 4) is 0 Å². The molecule has 0 aliphatic carbocycles. The number of carbonyl (C=O) groups excluding carboxylic acids is 1. The van der Waals surface area contributed by atoms with Gasteiger partial charge in [0.25, 0.3) is 5.91 Å². The molecule has 4 nitrogen and oxygen atoms in total. The minimum Gasteiger partial charge on any atom is -0.380 e. The van der Waals surface area contributed by atoms with Crippen LogP contribution >= 0.6 is 11.6 Å². The summed E-state index contributed by atoms with van der Waals surface area (Å²) in [6.45, 7) is 3.64. The molecule has 0 aliphatic rings. The van der Waals surface area contributed by atoms with Crippen LogP contribution in [0.15, 0.2) is 18.3 Å². The molecule has 0 atom stereocenters. The minimum absolute atomic E-state index is 0.151. The van der Waals surface area contributed by atoms with Crippen molar-refractivity contribution < 1.29 is 9.53 Å². The van der Waals surface area contributed by atoms with Gasteiger partial charge in [0.2, 0.25) is 0 Å². The summed E-state index contributed by atoms with van der Waals surface area (Å²) in [6, 6.07) is 3.19. The lowest BCUT2D eigenvalue weighted by Crippen LogP contribution is -2.30. The number of hydrogen-bond donors (Lipinski definition) is 0. The fraction of sp³-hybridized carbons (Fsp3) is 0.455. The summed E-state index contributed by atoms with van der Waals surface area (Å²) in [7, 11) is 1.71. The topological polar surface area (TPSA) is 42.4 Å². The highest BCUT2D eigenvalue weighted by Crippen LogP contribution is 2.09. The molecule has 16 heavy (non-hydrogen) atoms. The Hall–Kier alpha value is -1.13. The highest BCUT2D eigenvalue weighted by atomic mass is 35.5. The van der Waals surface area contributed by atoms with Gasteiger partial charge in [-0.05, 0) is 19.1 Å². The van der Waals surface area contributed by atoms with Gasteiger partial charge in [0, 0.05) is 31.4 Å². The zero-order valence-corrected chi connectivity index (χ0v) is 10.2. The molecule has 0 aliphatic heterocycles. The molecule has 0 saturated heterocycles. The van der Waals surface area contributed by atoms with Crippen LogP contribution in [0.3, 0.4) is 0 Å². The van der Waals surface area contributed by atoms with Crippen molar-refractivity contribution in [3.05, 3.63) is 29.0 Å². The predicted molar refractivity (Wildman–Crippen MR) is 62.7 cm³/mol. The quantitative estimate of drug-likeness (QED) is 0.740. The van der Waals surface area contributed by atoms with Crippen molar-refractivity contribution in [3.63, 3.8) is 0 Å². The van der Waals surface area contributed by atoms with E-state index < -0.39 is 0 Å². The van der Waals surface area contributed by atoms with E-state index >= 15 is 0 Å². The molecule has 0 N–H and O–H groups in total. The number of likely N-dealkylation sites (N-methyl/N-ethyl adjacent to an activating group) is 1. The summed E-state index contributed by atoms with van der Waals surface area (Å²) in [6.07, 6.45) is 1.52.